The zero-order valence-corrected chi connectivity index (χ0v) is 8.14. The molecular weight excluding hydrogens is 241 g/mol. The van der Waals surface area contributed by atoms with Crippen molar-refractivity contribution in [2.24, 2.45) is 0 Å². The lowest BCUT2D eigenvalue weighted by molar-refractivity contribution is 0.194. The van der Waals surface area contributed by atoms with E-state index in [1.165, 1.54) is 12.1 Å². The third-order valence-electron chi connectivity index (χ3n) is 1.43. The van der Waals surface area contributed by atoms with E-state index in [1.54, 1.807) is 6.07 Å². The molecule has 3 nitrogen and oxygen atoms in total. The third kappa shape index (κ3) is 3.02. The van der Waals surface area contributed by atoms with Crippen LogP contribution < -0.4 is 5.32 Å². The summed E-state index contributed by atoms with van der Waals surface area (Å²) in [5.41, 5.74) is 0.586. The standard InChI is InChI=1S/C8H7BrFNO2/c9-6-2-1-5(3-7(6)10)4-11-8(12)13/h1-3,11H,4H2,(H,12,13). The van der Waals surface area contributed by atoms with Gasteiger partial charge >= 0.3 is 6.09 Å². The van der Waals surface area contributed by atoms with Crippen LogP contribution in [0, 0.1) is 5.82 Å². The van der Waals surface area contributed by atoms with Crippen molar-refractivity contribution in [3.8, 4) is 0 Å². The van der Waals surface area contributed by atoms with Crippen molar-refractivity contribution in [2.75, 3.05) is 0 Å². The smallest absolute Gasteiger partial charge is 0.404 e. The first-order valence-electron chi connectivity index (χ1n) is 3.50. The molecule has 0 aliphatic rings. The predicted molar refractivity (Wildman–Crippen MR) is 49.0 cm³/mol. The van der Waals surface area contributed by atoms with Gasteiger partial charge in [0.25, 0.3) is 0 Å². The van der Waals surface area contributed by atoms with E-state index >= 15 is 0 Å². The van der Waals surface area contributed by atoms with Gasteiger partial charge in [0.05, 0.1) is 4.47 Å². The fourth-order valence-electron chi connectivity index (χ4n) is 0.827. The predicted octanol–water partition coefficient (Wildman–Crippen LogP) is 2.36. The highest BCUT2D eigenvalue weighted by Crippen LogP contribution is 2.16. The molecule has 0 unspecified atom stereocenters. The number of halogens is 2. The van der Waals surface area contributed by atoms with E-state index in [0.717, 1.165) is 0 Å². The first kappa shape index (κ1) is 9.98. The highest BCUT2D eigenvalue weighted by molar-refractivity contribution is 9.10. The molecule has 0 atom stereocenters. The van der Waals surface area contributed by atoms with Gasteiger partial charge in [-0.2, -0.15) is 0 Å². The van der Waals surface area contributed by atoms with E-state index in [1.807, 2.05) is 0 Å². The second-order valence-corrected chi connectivity index (χ2v) is 3.26. The lowest BCUT2D eigenvalue weighted by Gasteiger charge is -2.01. The summed E-state index contributed by atoms with van der Waals surface area (Å²) in [6, 6.07) is 4.46. The van der Waals surface area contributed by atoms with Crippen molar-refractivity contribution < 1.29 is 14.3 Å². The molecule has 0 radical (unpaired) electrons. The molecule has 1 aromatic rings. The van der Waals surface area contributed by atoms with Crippen LogP contribution in [-0.2, 0) is 6.54 Å². The van der Waals surface area contributed by atoms with Crippen molar-refractivity contribution in [1.82, 2.24) is 5.32 Å². The number of hydrogen-bond acceptors (Lipinski definition) is 1. The van der Waals surface area contributed by atoms with Gasteiger partial charge in [-0.3, -0.25) is 0 Å². The van der Waals surface area contributed by atoms with Crippen LogP contribution in [0.3, 0.4) is 0 Å². The first-order chi connectivity index (χ1) is 6.09. The molecule has 5 heteroatoms. The van der Waals surface area contributed by atoms with Gasteiger partial charge in [0.1, 0.15) is 5.82 Å². The molecular formula is C8H7BrFNO2. The molecule has 0 saturated heterocycles. The molecule has 1 rings (SSSR count). The Kier molecular flexibility index (Phi) is 3.25. The summed E-state index contributed by atoms with van der Waals surface area (Å²) in [4.78, 5) is 10.1. The molecule has 1 amide bonds. The lowest BCUT2D eigenvalue weighted by atomic mass is 10.2. The summed E-state index contributed by atoms with van der Waals surface area (Å²) in [5.74, 6) is -0.398. The molecule has 70 valence electrons. The number of benzene rings is 1. The van der Waals surface area contributed by atoms with Crippen LogP contribution in [0.5, 0.6) is 0 Å². The minimum atomic E-state index is -1.12. The van der Waals surface area contributed by atoms with Crippen LogP contribution in [0.4, 0.5) is 9.18 Å². The van der Waals surface area contributed by atoms with Crippen LogP contribution in [0.25, 0.3) is 0 Å². The third-order valence-corrected chi connectivity index (χ3v) is 2.07. The molecule has 0 aromatic heterocycles. The molecule has 0 heterocycles. The maximum atomic E-state index is 12.9. The highest BCUT2D eigenvalue weighted by Gasteiger charge is 2.01. The summed E-state index contributed by atoms with van der Waals surface area (Å²) in [5, 5.41) is 10.4. The average Bonchev–Trinajstić information content (AvgIpc) is 2.07. The summed E-state index contributed by atoms with van der Waals surface area (Å²) in [7, 11) is 0. The average molecular weight is 248 g/mol. The largest absolute Gasteiger partial charge is 0.465 e. The van der Waals surface area contributed by atoms with E-state index < -0.39 is 11.9 Å². The van der Waals surface area contributed by atoms with Gasteiger partial charge in [-0.15, -0.1) is 0 Å². The van der Waals surface area contributed by atoms with Gasteiger partial charge in [0.2, 0.25) is 0 Å². The minimum Gasteiger partial charge on any atom is -0.465 e. The van der Waals surface area contributed by atoms with Gasteiger partial charge in [0.15, 0.2) is 0 Å². The summed E-state index contributed by atoms with van der Waals surface area (Å²) in [6.45, 7) is 0.111. The molecule has 0 aliphatic carbocycles. The number of carboxylic acid groups (broad SMARTS) is 1. The van der Waals surface area contributed by atoms with Crippen molar-refractivity contribution in [1.29, 1.82) is 0 Å². The Bertz CT molecular complexity index is 330. The van der Waals surface area contributed by atoms with Crippen LogP contribution in [0.15, 0.2) is 22.7 Å². The van der Waals surface area contributed by atoms with Crippen LogP contribution >= 0.6 is 15.9 Å². The summed E-state index contributed by atoms with van der Waals surface area (Å²) in [6.07, 6.45) is -1.12. The zero-order chi connectivity index (χ0) is 9.84. The second kappa shape index (κ2) is 4.23. The molecule has 0 saturated carbocycles. The Morgan fingerprint density at radius 3 is 2.85 bits per heavy atom. The number of hydrogen-bond donors (Lipinski definition) is 2. The maximum absolute atomic E-state index is 12.9. The Labute approximate surface area is 82.7 Å². The monoisotopic (exact) mass is 247 g/mol. The minimum absolute atomic E-state index is 0.111. The molecule has 0 fully saturated rings. The molecule has 2 N–H and O–H groups in total. The molecule has 13 heavy (non-hydrogen) atoms. The highest BCUT2D eigenvalue weighted by atomic mass is 79.9. The van der Waals surface area contributed by atoms with Crippen molar-refractivity contribution >= 4 is 22.0 Å². The van der Waals surface area contributed by atoms with E-state index in [2.05, 4.69) is 21.2 Å². The van der Waals surface area contributed by atoms with Crippen molar-refractivity contribution in [3.05, 3.63) is 34.1 Å². The van der Waals surface area contributed by atoms with Crippen LogP contribution in [-0.4, -0.2) is 11.2 Å². The quantitative estimate of drug-likeness (QED) is 0.843. The first-order valence-corrected chi connectivity index (χ1v) is 4.29. The topological polar surface area (TPSA) is 49.3 Å². The van der Waals surface area contributed by atoms with Gasteiger partial charge in [-0.1, -0.05) is 6.07 Å². The Morgan fingerprint density at radius 2 is 2.31 bits per heavy atom. The van der Waals surface area contributed by atoms with Gasteiger partial charge < -0.3 is 10.4 Å². The molecule has 0 bridgehead atoms. The number of rotatable bonds is 2. The Balaban J connectivity index is 2.68. The van der Waals surface area contributed by atoms with E-state index in [4.69, 9.17) is 5.11 Å². The fourth-order valence-corrected chi connectivity index (χ4v) is 1.07. The number of carbonyl (C=O) groups is 1. The van der Waals surface area contributed by atoms with Gasteiger partial charge in [0, 0.05) is 6.54 Å². The van der Waals surface area contributed by atoms with E-state index in [-0.39, 0.29) is 6.54 Å². The number of nitrogens with one attached hydrogen (secondary N) is 1. The Hall–Kier alpha value is -1.10. The lowest BCUT2D eigenvalue weighted by Crippen LogP contribution is -2.19. The molecule has 1 aromatic carbocycles. The van der Waals surface area contributed by atoms with Crippen LogP contribution in [0.1, 0.15) is 5.56 Å². The fraction of sp³-hybridized carbons (Fsp3) is 0.125. The molecule has 0 spiro atoms. The normalized spacial score (nSPS) is 9.69. The van der Waals surface area contributed by atoms with Crippen molar-refractivity contribution in [3.63, 3.8) is 0 Å². The van der Waals surface area contributed by atoms with Crippen molar-refractivity contribution in [2.45, 2.75) is 6.54 Å². The van der Waals surface area contributed by atoms with E-state index in [0.29, 0.717) is 10.0 Å². The zero-order valence-electron chi connectivity index (χ0n) is 6.55. The summed E-state index contributed by atoms with van der Waals surface area (Å²) >= 11 is 3.00. The second-order valence-electron chi connectivity index (χ2n) is 2.41. The van der Waals surface area contributed by atoms with Crippen LogP contribution in [0.2, 0.25) is 0 Å². The number of amides is 1. The maximum Gasteiger partial charge on any atom is 0.404 e. The van der Waals surface area contributed by atoms with Gasteiger partial charge in [-0.05, 0) is 33.6 Å². The van der Waals surface area contributed by atoms with Gasteiger partial charge in [-0.25, -0.2) is 9.18 Å². The molecule has 0 aliphatic heterocycles. The van der Waals surface area contributed by atoms with E-state index in [9.17, 15) is 9.18 Å². The summed E-state index contributed by atoms with van der Waals surface area (Å²) < 4.78 is 13.2. The Morgan fingerprint density at radius 1 is 1.62 bits per heavy atom. The SMILES string of the molecule is O=C(O)NCc1ccc(Br)c(F)c1.